The van der Waals surface area contributed by atoms with Gasteiger partial charge in [0.15, 0.2) is 0 Å². The first-order valence-corrected chi connectivity index (χ1v) is 7.47. The minimum atomic E-state index is -0.218. The molecule has 0 spiro atoms. The molecule has 2 amide bonds. The molecule has 0 fully saturated rings. The van der Waals surface area contributed by atoms with Crippen molar-refractivity contribution in [2.75, 3.05) is 20.6 Å². The van der Waals surface area contributed by atoms with Crippen molar-refractivity contribution < 1.29 is 4.79 Å². The summed E-state index contributed by atoms with van der Waals surface area (Å²) < 4.78 is 0. The van der Waals surface area contributed by atoms with Crippen molar-refractivity contribution in [1.82, 2.24) is 19.8 Å². The van der Waals surface area contributed by atoms with Gasteiger partial charge in [-0.1, -0.05) is 49.1 Å². The summed E-state index contributed by atoms with van der Waals surface area (Å²) in [5, 5.41) is 0.371. The van der Waals surface area contributed by atoms with Crippen molar-refractivity contribution in [1.29, 1.82) is 0 Å². The molecule has 1 aromatic heterocycles. The summed E-state index contributed by atoms with van der Waals surface area (Å²) in [6.07, 6.45) is 8.67. The van der Waals surface area contributed by atoms with Crippen molar-refractivity contribution in [2.24, 2.45) is 0 Å². The Labute approximate surface area is 141 Å². The lowest BCUT2D eigenvalue weighted by Crippen LogP contribution is -2.43. The molecule has 0 aromatic carbocycles. The van der Waals surface area contributed by atoms with Crippen molar-refractivity contribution in [2.45, 2.75) is 6.04 Å². The zero-order valence-corrected chi connectivity index (χ0v) is 14.0. The van der Waals surface area contributed by atoms with Gasteiger partial charge < -0.3 is 9.80 Å². The first-order chi connectivity index (χ1) is 11.0. The summed E-state index contributed by atoms with van der Waals surface area (Å²) in [7, 11) is 3.45. The smallest absolute Gasteiger partial charge is 0.320 e. The minimum absolute atomic E-state index is 0.0850. The lowest BCUT2D eigenvalue weighted by Gasteiger charge is -2.28. The van der Waals surface area contributed by atoms with Crippen LogP contribution in [0.1, 0.15) is 5.69 Å². The highest BCUT2D eigenvalue weighted by Crippen LogP contribution is 2.29. The molecule has 0 bridgehead atoms. The Bertz CT molecular complexity index is 694. The number of nitrogens with zero attached hydrogens (tertiary/aromatic N) is 4. The van der Waals surface area contributed by atoms with Crippen molar-refractivity contribution in [3.8, 4) is 0 Å². The average molecular weight is 331 g/mol. The Morgan fingerprint density at radius 1 is 1.43 bits per heavy atom. The van der Waals surface area contributed by atoms with Gasteiger partial charge in [-0.25, -0.2) is 14.8 Å². The second-order valence-corrected chi connectivity index (χ2v) is 5.66. The van der Waals surface area contributed by atoms with Gasteiger partial charge in [-0.2, -0.15) is 0 Å². The molecule has 1 aliphatic rings. The van der Waals surface area contributed by atoms with Crippen LogP contribution in [-0.4, -0.2) is 52.5 Å². The van der Waals surface area contributed by atoms with Gasteiger partial charge in [0.1, 0.15) is 11.5 Å². The van der Waals surface area contributed by atoms with Crippen LogP contribution in [0.3, 0.4) is 0 Å². The van der Waals surface area contributed by atoms with Crippen LogP contribution in [0.2, 0.25) is 5.15 Å². The van der Waals surface area contributed by atoms with E-state index in [1.807, 2.05) is 12.2 Å². The molecule has 0 N–H and O–H groups in total. The highest BCUT2D eigenvalue weighted by molar-refractivity contribution is 6.29. The predicted molar refractivity (Wildman–Crippen MR) is 93.1 cm³/mol. The SMILES string of the molecule is C=C/C=C(\C=C)[C@@H]1C=C(c2cc(Cl)ncn2)CN1C(=O)N(C)C. The maximum atomic E-state index is 12.5. The second kappa shape index (κ2) is 7.24. The summed E-state index contributed by atoms with van der Waals surface area (Å²) in [4.78, 5) is 23.9. The first kappa shape index (κ1) is 17.0. The Morgan fingerprint density at radius 2 is 2.17 bits per heavy atom. The molecule has 0 radical (unpaired) electrons. The Morgan fingerprint density at radius 3 is 2.74 bits per heavy atom. The maximum absolute atomic E-state index is 12.5. The Kier molecular flexibility index (Phi) is 5.34. The molecule has 6 heteroatoms. The molecule has 1 aromatic rings. The third kappa shape index (κ3) is 3.68. The minimum Gasteiger partial charge on any atom is -0.331 e. The molecule has 0 aliphatic carbocycles. The molecule has 0 saturated carbocycles. The second-order valence-electron chi connectivity index (χ2n) is 5.27. The van der Waals surface area contributed by atoms with Gasteiger partial charge in [-0.05, 0) is 11.1 Å². The summed E-state index contributed by atoms with van der Waals surface area (Å²) in [5.74, 6) is 0. The number of urea groups is 1. The number of aromatic nitrogens is 2. The normalized spacial score (nSPS) is 17.7. The molecular weight excluding hydrogens is 312 g/mol. The molecule has 120 valence electrons. The van der Waals surface area contributed by atoms with Crippen LogP contribution in [-0.2, 0) is 0 Å². The van der Waals surface area contributed by atoms with Crippen molar-refractivity contribution in [3.63, 3.8) is 0 Å². The lowest BCUT2D eigenvalue weighted by molar-refractivity contribution is 0.175. The van der Waals surface area contributed by atoms with E-state index in [1.54, 1.807) is 42.1 Å². The highest BCUT2D eigenvalue weighted by atomic mass is 35.5. The highest BCUT2D eigenvalue weighted by Gasteiger charge is 2.32. The summed E-state index contributed by atoms with van der Waals surface area (Å²) in [5.41, 5.74) is 2.53. The molecule has 1 aliphatic heterocycles. The van der Waals surface area contributed by atoms with Gasteiger partial charge >= 0.3 is 6.03 Å². The van der Waals surface area contributed by atoms with Crippen LogP contribution < -0.4 is 0 Å². The fraction of sp³-hybridized carbons (Fsp3) is 0.235. The van der Waals surface area contributed by atoms with Gasteiger partial charge in [0.25, 0.3) is 0 Å². The third-order valence-corrected chi connectivity index (χ3v) is 3.72. The monoisotopic (exact) mass is 330 g/mol. The molecule has 5 nitrogen and oxygen atoms in total. The predicted octanol–water partition coefficient (Wildman–Crippen LogP) is 3.18. The molecule has 0 saturated heterocycles. The zero-order valence-electron chi connectivity index (χ0n) is 13.2. The number of carbonyl (C=O) groups is 1. The number of carbonyl (C=O) groups excluding carboxylic acids is 1. The van der Waals surface area contributed by atoms with E-state index in [0.717, 1.165) is 11.1 Å². The Balaban J connectivity index is 2.43. The average Bonchev–Trinajstić information content (AvgIpc) is 2.96. The molecule has 0 unspecified atom stereocenters. The molecular formula is C17H19ClN4O. The van der Waals surface area contributed by atoms with Crippen LogP contribution in [0.5, 0.6) is 0 Å². The van der Waals surface area contributed by atoms with Crippen molar-refractivity contribution in [3.05, 3.63) is 66.3 Å². The lowest BCUT2D eigenvalue weighted by atomic mass is 10.1. The first-order valence-electron chi connectivity index (χ1n) is 7.09. The van der Waals surface area contributed by atoms with E-state index in [9.17, 15) is 4.79 Å². The third-order valence-electron chi connectivity index (χ3n) is 3.51. The van der Waals surface area contributed by atoms with Crippen LogP contribution >= 0.6 is 11.6 Å². The number of amides is 2. The summed E-state index contributed by atoms with van der Waals surface area (Å²) >= 11 is 5.94. The van der Waals surface area contributed by atoms with E-state index >= 15 is 0 Å². The van der Waals surface area contributed by atoms with Crippen molar-refractivity contribution >= 4 is 23.2 Å². The quantitative estimate of drug-likeness (QED) is 0.629. The fourth-order valence-electron chi connectivity index (χ4n) is 2.43. The molecule has 1 atom stereocenters. The van der Waals surface area contributed by atoms with E-state index in [-0.39, 0.29) is 12.1 Å². The number of hydrogen-bond acceptors (Lipinski definition) is 3. The standard InChI is InChI=1S/C17H19ClN4O/c1-5-7-12(6-2)15-8-13(10-22(15)17(23)21(3)4)14-9-16(18)20-11-19-14/h5-9,11,15H,1-2,10H2,3-4H3/b12-7+/t15-/m0/s1. The van der Waals surface area contributed by atoms with Crippen LogP contribution in [0.15, 0.2) is 55.4 Å². The number of hydrogen-bond donors (Lipinski definition) is 0. The topological polar surface area (TPSA) is 49.3 Å². The van der Waals surface area contributed by atoms with Gasteiger partial charge in [0.05, 0.1) is 18.3 Å². The Hall–Kier alpha value is -2.40. The molecule has 23 heavy (non-hydrogen) atoms. The summed E-state index contributed by atoms with van der Waals surface area (Å²) in [6.45, 7) is 7.99. The van der Waals surface area contributed by atoms with E-state index in [1.165, 1.54) is 6.33 Å². The number of rotatable bonds is 4. The van der Waals surface area contributed by atoms with Crippen LogP contribution in [0, 0.1) is 0 Å². The zero-order chi connectivity index (χ0) is 17.0. The van der Waals surface area contributed by atoms with Crippen LogP contribution in [0.4, 0.5) is 4.79 Å². The van der Waals surface area contributed by atoms with Gasteiger partial charge in [0, 0.05) is 20.2 Å². The largest absolute Gasteiger partial charge is 0.331 e. The number of allylic oxidation sites excluding steroid dienone is 2. The van der Waals surface area contributed by atoms with Gasteiger partial charge in [-0.15, -0.1) is 0 Å². The van der Waals surface area contributed by atoms with E-state index in [0.29, 0.717) is 17.4 Å². The molecule has 2 rings (SSSR count). The number of halogens is 1. The van der Waals surface area contributed by atoms with Crippen LogP contribution in [0.25, 0.3) is 5.57 Å². The molecule has 2 heterocycles. The fourth-order valence-corrected chi connectivity index (χ4v) is 2.58. The summed E-state index contributed by atoms with van der Waals surface area (Å²) in [6, 6.07) is 1.39. The van der Waals surface area contributed by atoms with E-state index < -0.39 is 0 Å². The maximum Gasteiger partial charge on any atom is 0.320 e. The van der Waals surface area contributed by atoms with E-state index in [4.69, 9.17) is 11.6 Å². The van der Waals surface area contributed by atoms with E-state index in [2.05, 4.69) is 23.1 Å². The van der Waals surface area contributed by atoms with Gasteiger partial charge in [0.2, 0.25) is 0 Å². The van der Waals surface area contributed by atoms with Gasteiger partial charge in [-0.3, -0.25) is 0 Å².